The predicted molar refractivity (Wildman–Crippen MR) is 52.0 cm³/mol. The summed E-state index contributed by atoms with van der Waals surface area (Å²) in [5.41, 5.74) is -1.14. The molecule has 80 valence electrons. The van der Waals surface area contributed by atoms with E-state index >= 15 is 0 Å². The van der Waals surface area contributed by atoms with Gasteiger partial charge in [-0.2, -0.15) is 0 Å². The Labute approximate surface area is 95.5 Å². The first-order chi connectivity index (χ1) is 9.40. The number of likely N-dealkylation sites (tertiary alicyclic amines) is 1. The molecule has 4 nitrogen and oxygen atoms in total. The van der Waals surface area contributed by atoms with Gasteiger partial charge in [-0.25, -0.2) is 4.79 Å². The highest BCUT2D eigenvalue weighted by Gasteiger charge is 2.25. The Morgan fingerprint density at radius 3 is 2.79 bits per heavy atom. The average molecular weight is 207 g/mol. The molecule has 0 unspecified atom stereocenters. The number of ether oxygens (including phenoxy) is 1. The minimum atomic E-state index is -3.47. The fourth-order valence-corrected chi connectivity index (χ4v) is 0.697. The van der Waals surface area contributed by atoms with Crippen LogP contribution in [0.15, 0.2) is 0 Å². The number of amides is 1. The molecule has 0 radical (unpaired) electrons. The number of hydrogen-bond acceptors (Lipinski definition) is 3. The Kier molecular flexibility index (Phi) is 1.20. The Bertz CT molecular complexity index is 511. The standard InChI is InChI=1S/C10H17NO3/c1-10(2,3)14-9(13)11-6-4-5-8(12)7-11/h4-7H2,1-3H3/i4D2,5D2,6D2,7D2. The first-order valence-corrected chi connectivity index (χ1v) is 3.99. The van der Waals surface area contributed by atoms with Crippen molar-refractivity contribution in [1.29, 1.82) is 0 Å². The minimum absolute atomic E-state index is 0.311. The zero-order chi connectivity index (χ0) is 17.9. The first-order valence-electron chi connectivity index (χ1n) is 7.99. The predicted octanol–water partition coefficient (Wildman–Crippen LogP) is 1.59. The van der Waals surface area contributed by atoms with Crippen molar-refractivity contribution in [3.05, 3.63) is 0 Å². The van der Waals surface area contributed by atoms with Gasteiger partial charge in [0.05, 0.1) is 9.24 Å². The molecule has 4 heteroatoms. The van der Waals surface area contributed by atoms with Gasteiger partial charge in [-0.05, 0) is 27.1 Å². The van der Waals surface area contributed by atoms with Gasteiger partial charge < -0.3 is 9.64 Å². The number of Topliss-reactive ketones (excluding diaryl/α,β-unsaturated/α-hetero) is 1. The van der Waals surface area contributed by atoms with Gasteiger partial charge in [-0.3, -0.25) is 4.79 Å². The normalized spacial score (nSPS) is 41.1. The van der Waals surface area contributed by atoms with Crippen molar-refractivity contribution < 1.29 is 25.3 Å². The van der Waals surface area contributed by atoms with Crippen molar-refractivity contribution in [2.75, 3.05) is 13.0 Å². The molecule has 0 N–H and O–H groups in total. The van der Waals surface area contributed by atoms with Gasteiger partial charge in [0.1, 0.15) is 5.60 Å². The van der Waals surface area contributed by atoms with Gasteiger partial charge in [0.2, 0.25) is 0 Å². The Morgan fingerprint density at radius 2 is 2.21 bits per heavy atom. The summed E-state index contributed by atoms with van der Waals surface area (Å²) in [5.74, 6) is -1.88. The SMILES string of the molecule is [2H]C1([2H])C(=O)C([2H])([2H])C([2H])([2H])C([2H])([2H])N1C(=O)OC(C)(C)C. The zero-order valence-electron chi connectivity index (χ0n) is 16.2. The number of piperidine rings is 1. The average Bonchev–Trinajstić information content (AvgIpc) is 2.22. The lowest BCUT2D eigenvalue weighted by Crippen LogP contribution is -2.43. The van der Waals surface area contributed by atoms with Crippen molar-refractivity contribution in [3.63, 3.8) is 0 Å². The van der Waals surface area contributed by atoms with Crippen molar-refractivity contribution in [2.45, 2.75) is 39.1 Å². The topological polar surface area (TPSA) is 46.6 Å². The molecule has 0 aromatic rings. The summed E-state index contributed by atoms with van der Waals surface area (Å²) in [6.45, 7) is -2.57. The number of carbonyl (C=O) groups excluding carboxylic acids is 2. The summed E-state index contributed by atoms with van der Waals surface area (Å²) in [7, 11) is 0. The van der Waals surface area contributed by atoms with Crippen molar-refractivity contribution in [2.24, 2.45) is 0 Å². The molecule has 0 aromatic heterocycles. The monoisotopic (exact) mass is 207 g/mol. The van der Waals surface area contributed by atoms with Gasteiger partial charge >= 0.3 is 6.09 Å². The lowest BCUT2D eigenvalue weighted by Gasteiger charge is -2.29. The summed E-state index contributed by atoms with van der Waals surface area (Å²) >= 11 is 0. The van der Waals surface area contributed by atoms with Crippen LogP contribution in [0.2, 0.25) is 0 Å². The molecule has 1 saturated heterocycles. The van der Waals surface area contributed by atoms with Crippen molar-refractivity contribution in [1.82, 2.24) is 4.90 Å². The number of ketones is 1. The van der Waals surface area contributed by atoms with Crippen molar-refractivity contribution >= 4 is 11.9 Å². The lowest BCUT2D eigenvalue weighted by atomic mass is 10.1. The van der Waals surface area contributed by atoms with E-state index in [1.54, 1.807) is 0 Å². The van der Waals surface area contributed by atoms with Crippen LogP contribution in [0.4, 0.5) is 4.79 Å². The molecule has 0 saturated carbocycles. The van der Waals surface area contributed by atoms with E-state index in [0.29, 0.717) is 0 Å². The van der Waals surface area contributed by atoms with Gasteiger partial charge in [0.25, 0.3) is 0 Å². The number of hydrogen-bond donors (Lipinski definition) is 0. The third-order valence-electron chi connectivity index (χ3n) is 1.13. The Morgan fingerprint density at radius 1 is 1.57 bits per heavy atom. The van der Waals surface area contributed by atoms with Crippen LogP contribution in [-0.2, 0) is 9.53 Å². The molecule has 14 heavy (non-hydrogen) atoms. The molecule has 0 atom stereocenters. The molecule has 1 aliphatic heterocycles. The third kappa shape index (κ3) is 3.36. The number of carbonyl (C=O) groups is 2. The van der Waals surface area contributed by atoms with Gasteiger partial charge in [0.15, 0.2) is 5.78 Å². The second kappa shape index (κ2) is 3.98. The second-order valence-corrected chi connectivity index (χ2v) is 3.62. The molecular formula is C10H17NO3. The molecule has 1 fully saturated rings. The fraction of sp³-hybridized carbons (Fsp3) is 0.800. The van der Waals surface area contributed by atoms with Crippen LogP contribution >= 0.6 is 0 Å². The zero-order valence-corrected chi connectivity index (χ0v) is 8.17. The summed E-state index contributed by atoms with van der Waals surface area (Å²) in [5, 5.41) is 0. The highest BCUT2D eigenvalue weighted by atomic mass is 16.6. The summed E-state index contributed by atoms with van der Waals surface area (Å²) in [4.78, 5) is 23.7. The molecular weight excluding hydrogens is 182 g/mol. The van der Waals surface area contributed by atoms with E-state index in [2.05, 4.69) is 0 Å². The maximum absolute atomic E-state index is 12.1. The molecule has 0 bridgehead atoms. The highest BCUT2D eigenvalue weighted by molar-refractivity contribution is 5.85. The molecule has 1 amide bonds. The molecule has 1 aliphatic rings. The molecule has 0 aromatic carbocycles. The summed E-state index contributed by atoms with van der Waals surface area (Å²) < 4.78 is 65.5. The smallest absolute Gasteiger partial charge is 0.410 e. The summed E-state index contributed by atoms with van der Waals surface area (Å²) in [6.07, 6.45) is -8.52. The molecule has 1 heterocycles. The Balaban J connectivity index is 3.49. The first kappa shape index (κ1) is 4.21. The minimum Gasteiger partial charge on any atom is -0.444 e. The van der Waals surface area contributed by atoms with E-state index in [1.165, 1.54) is 20.8 Å². The quantitative estimate of drug-likeness (QED) is 0.606. The third-order valence-corrected chi connectivity index (χ3v) is 1.13. The van der Waals surface area contributed by atoms with E-state index in [0.717, 1.165) is 0 Å². The van der Waals surface area contributed by atoms with E-state index in [1.807, 2.05) is 0 Å². The van der Waals surface area contributed by atoms with Gasteiger partial charge in [-0.15, -0.1) is 0 Å². The number of nitrogens with zero attached hydrogens (tertiary/aromatic N) is 1. The molecule has 0 spiro atoms. The fourth-order valence-electron chi connectivity index (χ4n) is 0.697. The van der Waals surface area contributed by atoms with E-state index in [4.69, 9.17) is 15.7 Å². The van der Waals surface area contributed by atoms with E-state index in [9.17, 15) is 9.59 Å². The van der Waals surface area contributed by atoms with Crippen LogP contribution in [-0.4, -0.2) is 35.4 Å². The maximum Gasteiger partial charge on any atom is 0.410 e. The lowest BCUT2D eigenvalue weighted by molar-refractivity contribution is -0.122. The van der Waals surface area contributed by atoms with Crippen LogP contribution in [0, 0.1) is 0 Å². The Hall–Kier alpha value is -1.06. The maximum atomic E-state index is 12.1. The second-order valence-electron chi connectivity index (χ2n) is 3.62. The summed E-state index contributed by atoms with van der Waals surface area (Å²) in [6, 6.07) is 0. The molecule has 1 rings (SSSR count). The van der Waals surface area contributed by atoms with Crippen LogP contribution in [0.1, 0.15) is 44.5 Å². The van der Waals surface area contributed by atoms with Crippen molar-refractivity contribution in [3.8, 4) is 0 Å². The van der Waals surface area contributed by atoms with Gasteiger partial charge in [0, 0.05) is 21.1 Å². The molecule has 0 aliphatic carbocycles. The van der Waals surface area contributed by atoms with Crippen LogP contribution in [0.3, 0.4) is 0 Å². The van der Waals surface area contributed by atoms with Crippen LogP contribution in [0.25, 0.3) is 0 Å². The highest BCUT2D eigenvalue weighted by Crippen LogP contribution is 2.13. The largest absolute Gasteiger partial charge is 0.444 e. The van der Waals surface area contributed by atoms with Crippen LogP contribution in [0.5, 0.6) is 0 Å². The van der Waals surface area contributed by atoms with Gasteiger partial charge in [-0.1, -0.05) is 0 Å². The van der Waals surface area contributed by atoms with E-state index in [-0.39, 0.29) is 4.90 Å². The van der Waals surface area contributed by atoms with E-state index < -0.39 is 43.2 Å². The number of rotatable bonds is 0. The van der Waals surface area contributed by atoms with Crippen LogP contribution < -0.4 is 0 Å².